The van der Waals surface area contributed by atoms with Crippen molar-refractivity contribution < 1.29 is 4.79 Å². The van der Waals surface area contributed by atoms with Crippen LogP contribution in [0.1, 0.15) is 35.8 Å². The summed E-state index contributed by atoms with van der Waals surface area (Å²) in [5, 5.41) is 3.01. The van der Waals surface area contributed by atoms with Gasteiger partial charge in [-0.1, -0.05) is 54.6 Å². The number of rotatable bonds is 5. The number of benzene rings is 3. The number of nitrogens with zero attached hydrogens (tertiary/aromatic N) is 2. The Morgan fingerprint density at radius 1 is 0.967 bits per heavy atom. The van der Waals surface area contributed by atoms with Gasteiger partial charge in [0, 0.05) is 17.7 Å². The second-order valence-corrected chi connectivity index (χ2v) is 7.18. The minimum atomic E-state index is -0.157. The molecule has 4 rings (SSSR count). The van der Waals surface area contributed by atoms with Crippen molar-refractivity contribution in [3.05, 3.63) is 100 Å². The van der Waals surface area contributed by atoms with E-state index in [-0.39, 0.29) is 17.5 Å². The first-order valence-corrected chi connectivity index (χ1v) is 10.0. The molecule has 0 saturated carbocycles. The Balaban J connectivity index is 1.62. The summed E-state index contributed by atoms with van der Waals surface area (Å²) in [6.07, 6.45) is 0. The third-order valence-corrected chi connectivity index (χ3v) is 5.24. The molecular formula is C25H23N3O2. The molecule has 0 bridgehead atoms. The maximum atomic E-state index is 13.0. The molecule has 3 aromatic carbocycles. The van der Waals surface area contributed by atoms with E-state index in [2.05, 4.69) is 10.3 Å². The SMILES string of the molecule is CCn1c(=O)c(-c2ccc(C(=O)N[C@H](C)c3ccccc3)cc2)nc2ccccc21. The van der Waals surface area contributed by atoms with Crippen LogP contribution in [0.15, 0.2) is 83.7 Å². The molecule has 4 aromatic rings. The lowest BCUT2D eigenvalue weighted by molar-refractivity contribution is 0.0940. The van der Waals surface area contributed by atoms with Crippen LogP contribution in [-0.4, -0.2) is 15.5 Å². The van der Waals surface area contributed by atoms with Gasteiger partial charge >= 0.3 is 0 Å². The van der Waals surface area contributed by atoms with Crippen molar-refractivity contribution >= 4 is 16.9 Å². The van der Waals surface area contributed by atoms with Crippen LogP contribution in [0.5, 0.6) is 0 Å². The maximum Gasteiger partial charge on any atom is 0.277 e. The number of carbonyl (C=O) groups excluding carboxylic acids is 1. The van der Waals surface area contributed by atoms with Gasteiger partial charge < -0.3 is 9.88 Å². The van der Waals surface area contributed by atoms with Gasteiger partial charge in [0.2, 0.25) is 0 Å². The zero-order chi connectivity index (χ0) is 21.1. The first-order valence-electron chi connectivity index (χ1n) is 10.0. The highest BCUT2D eigenvalue weighted by Crippen LogP contribution is 2.19. The Morgan fingerprint density at radius 3 is 2.33 bits per heavy atom. The Labute approximate surface area is 175 Å². The highest BCUT2D eigenvalue weighted by molar-refractivity contribution is 5.95. The zero-order valence-corrected chi connectivity index (χ0v) is 17.0. The summed E-state index contributed by atoms with van der Waals surface area (Å²) in [6.45, 7) is 4.46. The quantitative estimate of drug-likeness (QED) is 0.536. The highest BCUT2D eigenvalue weighted by Gasteiger charge is 2.14. The van der Waals surface area contributed by atoms with E-state index >= 15 is 0 Å². The van der Waals surface area contributed by atoms with E-state index in [0.717, 1.165) is 16.6 Å². The molecule has 1 amide bonds. The average molecular weight is 397 g/mol. The van der Waals surface area contributed by atoms with Crippen LogP contribution in [0.4, 0.5) is 0 Å². The highest BCUT2D eigenvalue weighted by atomic mass is 16.1. The second-order valence-electron chi connectivity index (χ2n) is 7.18. The van der Waals surface area contributed by atoms with Crippen molar-refractivity contribution in [3.63, 3.8) is 0 Å². The predicted octanol–water partition coefficient (Wildman–Crippen LogP) is 4.57. The number of aromatic nitrogens is 2. The summed E-state index contributed by atoms with van der Waals surface area (Å²) >= 11 is 0. The van der Waals surface area contributed by atoms with Gasteiger partial charge in [0.05, 0.1) is 17.1 Å². The molecule has 1 atom stereocenters. The molecule has 5 nitrogen and oxygen atoms in total. The molecule has 0 aliphatic heterocycles. The van der Waals surface area contributed by atoms with E-state index in [0.29, 0.717) is 23.4 Å². The van der Waals surface area contributed by atoms with E-state index in [9.17, 15) is 9.59 Å². The first kappa shape index (κ1) is 19.6. The summed E-state index contributed by atoms with van der Waals surface area (Å²) in [6, 6.07) is 24.3. The van der Waals surface area contributed by atoms with Crippen molar-refractivity contribution in [1.29, 1.82) is 0 Å². The van der Waals surface area contributed by atoms with E-state index in [1.54, 1.807) is 28.8 Å². The monoisotopic (exact) mass is 397 g/mol. The van der Waals surface area contributed by atoms with Crippen LogP contribution in [0.2, 0.25) is 0 Å². The molecule has 150 valence electrons. The standard InChI is InChI=1S/C25H23N3O2/c1-3-28-22-12-8-7-11-21(22)27-23(25(28)30)19-13-15-20(16-14-19)24(29)26-17(2)18-9-5-4-6-10-18/h4-17H,3H2,1-2H3,(H,26,29)/t17-/m1/s1. The van der Waals surface area contributed by atoms with Crippen molar-refractivity contribution in [1.82, 2.24) is 14.9 Å². The Kier molecular flexibility index (Phi) is 5.44. The van der Waals surface area contributed by atoms with Gasteiger partial charge in [-0.3, -0.25) is 9.59 Å². The number of hydrogen-bond acceptors (Lipinski definition) is 3. The number of hydrogen-bond donors (Lipinski definition) is 1. The molecule has 0 aliphatic carbocycles. The summed E-state index contributed by atoms with van der Waals surface area (Å²) in [4.78, 5) is 30.2. The molecule has 5 heteroatoms. The molecule has 0 fully saturated rings. The summed E-state index contributed by atoms with van der Waals surface area (Å²) in [5.41, 5.74) is 4.13. The third-order valence-electron chi connectivity index (χ3n) is 5.24. The fourth-order valence-corrected chi connectivity index (χ4v) is 3.58. The summed E-state index contributed by atoms with van der Waals surface area (Å²) in [7, 11) is 0. The van der Waals surface area contributed by atoms with Crippen LogP contribution < -0.4 is 10.9 Å². The van der Waals surface area contributed by atoms with Crippen LogP contribution in [0, 0.1) is 0 Å². The van der Waals surface area contributed by atoms with E-state index < -0.39 is 0 Å². The molecule has 0 saturated heterocycles. The van der Waals surface area contributed by atoms with Crippen molar-refractivity contribution in [2.24, 2.45) is 0 Å². The topological polar surface area (TPSA) is 64.0 Å². The van der Waals surface area contributed by atoms with Crippen molar-refractivity contribution in [3.8, 4) is 11.3 Å². The van der Waals surface area contributed by atoms with Gasteiger partial charge in [-0.25, -0.2) is 4.98 Å². The number of carbonyl (C=O) groups is 1. The normalized spacial score (nSPS) is 11.9. The lowest BCUT2D eigenvalue weighted by Gasteiger charge is -2.14. The van der Waals surface area contributed by atoms with E-state index in [1.165, 1.54) is 0 Å². The van der Waals surface area contributed by atoms with Crippen LogP contribution in [0.25, 0.3) is 22.3 Å². The number of fused-ring (bicyclic) bond motifs is 1. The number of para-hydroxylation sites is 2. The van der Waals surface area contributed by atoms with Gasteiger partial charge in [0.15, 0.2) is 0 Å². The minimum Gasteiger partial charge on any atom is -0.346 e. The van der Waals surface area contributed by atoms with Crippen molar-refractivity contribution in [2.45, 2.75) is 26.4 Å². The molecule has 0 aliphatic rings. The molecular weight excluding hydrogens is 374 g/mol. The predicted molar refractivity (Wildman–Crippen MR) is 119 cm³/mol. The zero-order valence-electron chi connectivity index (χ0n) is 17.0. The fourth-order valence-electron chi connectivity index (χ4n) is 3.58. The summed E-state index contributed by atoms with van der Waals surface area (Å²) < 4.78 is 1.72. The fraction of sp³-hybridized carbons (Fsp3) is 0.160. The molecule has 0 spiro atoms. The third kappa shape index (κ3) is 3.74. The number of aryl methyl sites for hydroxylation is 1. The minimum absolute atomic E-state index is 0.0997. The van der Waals surface area contributed by atoms with Crippen LogP contribution in [-0.2, 0) is 6.54 Å². The van der Waals surface area contributed by atoms with Crippen LogP contribution >= 0.6 is 0 Å². The smallest absolute Gasteiger partial charge is 0.277 e. The van der Waals surface area contributed by atoms with E-state index in [4.69, 9.17) is 0 Å². The molecule has 1 heterocycles. The molecule has 0 radical (unpaired) electrons. The van der Waals surface area contributed by atoms with Gasteiger partial charge in [-0.05, 0) is 43.7 Å². The van der Waals surface area contributed by atoms with Gasteiger partial charge in [0.25, 0.3) is 11.5 Å². The Morgan fingerprint density at radius 2 is 1.63 bits per heavy atom. The van der Waals surface area contributed by atoms with Gasteiger partial charge in [-0.2, -0.15) is 0 Å². The largest absolute Gasteiger partial charge is 0.346 e. The molecule has 1 N–H and O–H groups in total. The van der Waals surface area contributed by atoms with Crippen LogP contribution in [0.3, 0.4) is 0 Å². The number of amides is 1. The molecule has 30 heavy (non-hydrogen) atoms. The molecule has 0 unspecified atom stereocenters. The van der Waals surface area contributed by atoms with Gasteiger partial charge in [-0.15, -0.1) is 0 Å². The maximum absolute atomic E-state index is 13.0. The number of nitrogens with one attached hydrogen (secondary N) is 1. The first-order chi connectivity index (χ1) is 14.6. The molecule has 1 aromatic heterocycles. The summed E-state index contributed by atoms with van der Waals surface area (Å²) in [5.74, 6) is -0.157. The lowest BCUT2D eigenvalue weighted by atomic mass is 10.1. The van der Waals surface area contributed by atoms with Crippen molar-refractivity contribution in [2.75, 3.05) is 0 Å². The van der Waals surface area contributed by atoms with E-state index in [1.807, 2.05) is 68.4 Å². The lowest BCUT2D eigenvalue weighted by Crippen LogP contribution is -2.26. The Hall–Kier alpha value is -3.73. The Bertz CT molecular complexity index is 1250. The second kappa shape index (κ2) is 8.33. The average Bonchev–Trinajstić information content (AvgIpc) is 2.79. The van der Waals surface area contributed by atoms with Gasteiger partial charge in [0.1, 0.15) is 5.69 Å².